The number of aromatic nitrogens is 2. The molecule has 0 fully saturated rings. The second-order valence-corrected chi connectivity index (χ2v) is 10.1. The van der Waals surface area contributed by atoms with E-state index in [-0.39, 0.29) is 107 Å². The third kappa shape index (κ3) is 11.3. The predicted octanol–water partition coefficient (Wildman–Crippen LogP) is -0.166. The molecule has 4 rings (SSSR count). The summed E-state index contributed by atoms with van der Waals surface area (Å²) in [4.78, 5) is 48.5. The molecule has 0 saturated heterocycles. The first-order valence-corrected chi connectivity index (χ1v) is 14.4. The van der Waals surface area contributed by atoms with Crippen molar-refractivity contribution in [2.45, 2.75) is 0 Å². The maximum absolute atomic E-state index is 13.4. The van der Waals surface area contributed by atoms with Gasteiger partial charge in [0.1, 0.15) is 11.5 Å². The summed E-state index contributed by atoms with van der Waals surface area (Å²) >= 11 is 5.55. The Morgan fingerprint density at radius 1 is 0.700 bits per heavy atom. The molecule has 0 spiro atoms. The number of carbonyl (C=O) groups is 3. The average molecular weight is 784 g/mol. The first-order chi connectivity index (χ1) is 22.4. The number of rotatable bonds is 13. The highest BCUT2D eigenvalue weighted by Crippen LogP contribution is 2.42. The maximum atomic E-state index is 13.4. The van der Waals surface area contributed by atoms with Crippen molar-refractivity contribution >= 4 is 95.3 Å². The van der Waals surface area contributed by atoms with Gasteiger partial charge in [-0.1, -0.05) is 11.6 Å². The fraction of sp³-hybridized carbons (Fsp3) is 0.286. The molecule has 0 aliphatic heterocycles. The molecule has 1 aromatic heterocycles. The molecule has 1 aliphatic carbocycles. The van der Waals surface area contributed by atoms with Crippen molar-refractivity contribution in [3.63, 3.8) is 0 Å². The summed E-state index contributed by atoms with van der Waals surface area (Å²) in [6, 6.07) is 5.74. The topological polar surface area (TPSA) is 322 Å². The number of nitrogens with one attached hydrogen (secondary N) is 4. The minimum atomic E-state index is -0.832. The SMILES string of the molecule is Cl.Cl.Cl.NC(N)=NC(=O)c1nc(Cl)c(N)nc1N.O=C1c2c(O)ccc(O)c2C(=O)c2c(NCCNCCO)ccc(NCCNCCO)c21. The van der Waals surface area contributed by atoms with Crippen molar-refractivity contribution in [1.82, 2.24) is 20.6 Å². The maximum Gasteiger partial charge on any atom is 0.302 e. The van der Waals surface area contributed by atoms with Crippen LogP contribution in [0.5, 0.6) is 11.5 Å². The van der Waals surface area contributed by atoms with Crippen LogP contribution in [0.1, 0.15) is 42.3 Å². The molecule has 2 aromatic carbocycles. The molecule has 18 nitrogen and oxygen atoms in total. The fourth-order valence-corrected chi connectivity index (χ4v) is 4.53. The van der Waals surface area contributed by atoms with Gasteiger partial charge in [0.05, 0.1) is 35.5 Å². The lowest BCUT2D eigenvalue weighted by atomic mass is 9.81. The summed E-state index contributed by atoms with van der Waals surface area (Å²) in [7, 11) is 0. The molecule has 0 bridgehead atoms. The number of ketones is 2. The number of hydrogen-bond acceptors (Lipinski definition) is 15. The van der Waals surface area contributed by atoms with Crippen LogP contribution in [0.3, 0.4) is 0 Å². The van der Waals surface area contributed by atoms with Crippen molar-refractivity contribution < 1.29 is 34.8 Å². The number of halogens is 4. The lowest BCUT2D eigenvalue weighted by Gasteiger charge is -2.25. The number of amides is 1. The number of phenolic OH excluding ortho intramolecular Hbond substituents is 2. The smallest absolute Gasteiger partial charge is 0.302 e. The summed E-state index contributed by atoms with van der Waals surface area (Å²) in [6.45, 7) is 2.81. The fourth-order valence-electron chi connectivity index (χ4n) is 4.41. The van der Waals surface area contributed by atoms with E-state index >= 15 is 0 Å². The number of anilines is 4. The Labute approximate surface area is 309 Å². The lowest BCUT2D eigenvalue weighted by Crippen LogP contribution is -2.28. The molecule has 0 radical (unpaired) electrons. The standard InChI is InChI=1S/C22H28N4O6.C6H8ClN7O.3ClH/c27-11-9-23-5-7-25-13-1-2-14(26-8-6-24-10-12-28)18-17(13)21(31)19-15(29)3-4-16(30)20(19)22(18)32;7-2-4(9)13-3(8)1(12-2)5(15)14-6(10)11;;;/h1-4,23-30H,5-12H2;(H4,8,9,13)(H4,10,11,14,15);3*1H. The Kier molecular flexibility index (Phi) is 19.7. The number of aromatic hydroxyl groups is 2. The zero-order valence-corrected chi connectivity index (χ0v) is 29.4. The van der Waals surface area contributed by atoms with Gasteiger partial charge in [0.15, 0.2) is 28.4 Å². The van der Waals surface area contributed by atoms with Crippen LogP contribution < -0.4 is 44.2 Å². The molecule has 276 valence electrons. The number of phenols is 2. The van der Waals surface area contributed by atoms with Crippen molar-refractivity contribution in [2.75, 3.05) is 74.6 Å². The molecule has 0 saturated carbocycles. The van der Waals surface area contributed by atoms with E-state index in [4.69, 9.17) is 44.7 Å². The van der Waals surface area contributed by atoms with Gasteiger partial charge in [-0.25, -0.2) is 9.97 Å². The molecule has 3 aromatic rings. The van der Waals surface area contributed by atoms with Gasteiger partial charge in [0.2, 0.25) is 11.6 Å². The second-order valence-electron chi connectivity index (χ2n) is 9.70. The van der Waals surface area contributed by atoms with Crippen molar-refractivity contribution in [3.05, 3.63) is 57.4 Å². The molecule has 50 heavy (non-hydrogen) atoms. The summed E-state index contributed by atoms with van der Waals surface area (Å²) in [6.07, 6.45) is 0. The Morgan fingerprint density at radius 2 is 1.14 bits per heavy atom. The summed E-state index contributed by atoms with van der Waals surface area (Å²) in [5.41, 5.74) is 21.1. The first-order valence-electron chi connectivity index (χ1n) is 14.1. The van der Waals surface area contributed by atoms with Gasteiger partial charge in [-0.2, -0.15) is 4.99 Å². The van der Waals surface area contributed by atoms with E-state index in [0.717, 1.165) is 0 Å². The number of fused-ring (bicyclic) bond motifs is 2. The average Bonchev–Trinajstić information content (AvgIpc) is 3.02. The zero-order chi connectivity index (χ0) is 34.7. The Morgan fingerprint density at radius 3 is 1.54 bits per heavy atom. The number of hydrogen-bond donors (Lipinski definition) is 12. The van der Waals surface area contributed by atoms with Crippen LogP contribution in [0.15, 0.2) is 29.3 Å². The van der Waals surface area contributed by atoms with E-state index in [0.29, 0.717) is 50.6 Å². The predicted molar refractivity (Wildman–Crippen MR) is 198 cm³/mol. The van der Waals surface area contributed by atoms with E-state index in [9.17, 15) is 24.6 Å². The largest absolute Gasteiger partial charge is 0.507 e. The number of carbonyl (C=O) groups excluding carboxylic acids is 3. The molecule has 1 aliphatic rings. The summed E-state index contributed by atoms with van der Waals surface area (Å²) in [5.74, 6) is -3.36. The summed E-state index contributed by atoms with van der Waals surface area (Å²) in [5, 5.41) is 50.4. The van der Waals surface area contributed by atoms with Gasteiger partial charge in [-0.3, -0.25) is 14.4 Å². The number of guanidine groups is 1. The van der Waals surface area contributed by atoms with Crippen LogP contribution in [0.25, 0.3) is 0 Å². The van der Waals surface area contributed by atoms with Gasteiger partial charge in [-0.15, -0.1) is 37.2 Å². The van der Waals surface area contributed by atoms with E-state index in [1.807, 2.05) is 0 Å². The van der Waals surface area contributed by atoms with Crippen molar-refractivity contribution in [1.29, 1.82) is 0 Å². The molecule has 0 atom stereocenters. The van der Waals surface area contributed by atoms with Gasteiger partial charge in [0, 0.05) is 50.6 Å². The number of nitrogens with two attached hydrogens (primary N) is 4. The zero-order valence-electron chi connectivity index (χ0n) is 26.2. The lowest BCUT2D eigenvalue weighted by molar-refractivity contribution is 0.0975. The van der Waals surface area contributed by atoms with Gasteiger partial charge in [-0.05, 0) is 24.3 Å². The molecular weight excluding hydrogens is 744 g/mol. The van der Waals surface area contributed by atoms with Crippen LogP contribution >= 0.6 is 48.8 Å². The Balaban J connectivity index is 0.00000114. The highest BCUT2D eigenvalue weighted by molar-refractivity contribution is 6.33. The van der Waals surface area contributed by atoms with Crippen LogP contribution in [-0.4, -0.2) is 106 Å². The molecule has 0 unspecified atom stereocenters. The molecular formula is C28H39Cl4N11O7. The molecule has 22 heteroatoms. The van der Waals surface area contributed by atoms with Gasteiger partial charge in [0.25, 0.3) is 0 Å². The number of aliphatic hydroxyl groups is 2. The Bertz CT molecular complexity index is 1600. The number of nitrogens with zero attached hydrogens (tertiary/aromatic N) is 3. The third-order valence-electron chi connectivity index (χ3n) is 6.42. The highest BCUT2D eigenvalue weighted by atomic mass is 35.5. The molecule has 1 amide bonds. The molecule has 1 heterocycles. The van der Waals surface area contributed by atoms with Crippen LogP contribution in [-0.2, 0) is 0 Å². The van der Waals surface area contributed by atoms with Gasteiger partial charge < -0.3 is 64.6 Å². The van der Waals surface area contributed by atoms with Gasteiger partial charge >= 0.3 is 5.91 Å². The van der Waals surface area contributed by atoms with E-state index < -0.39 is 23.4 Å². The van der Waals surface area contributed by atoms with Crippen molar-refractivity contribution in [3.8, 4) is 11.5 Å². The normalized spacial score (nSPS) is 10.9. The van der Waals surface area contributed by atoms with Crippen LogP contribution in [0.2, 0.25) is 5.15 Å². The van der Waals surface area contributed by atoms with E-state index in [1.165, 1.54) is 12.1 Å². The first kappa shape index (κ1) is 45.6. The molecule has 16 N–H and O–H groups in total. The van der Waals surface area contributed by atoms with Crippen LogP contribution in [0, 0.1) is 0 Å². The highest BCUT2D eigenvalue weighted by Gasteiger charge is 2.37. The number of benzene rings is 2. The quantitative estimate of drug-likeness (QED) is 0.0363. The summed E-state index contributed by atoms with van der Waals surface area (Å²) < 4.78 is 0. The number of aliphatic hydroxyl groups excluding tert-OH is 2. The van der Waals surface area contributed by atoms with Crippen molar-refractivity contribution in [2.24, 2.45) is 16.5 Å². The third-order valence-corrected chi connectivity index (χ3v) is 6.70. The minimum absolute atomic E-state index is 0. The van der Waals surface area contributed by atoms with Crippen LogP contribution in [0.4, 0.5) is 23.0 Å². The number of nitrogen functional groups attached to an aromatic ring is 2. The van der Waals surface area contributed by atoms with E-state index in [1.54, 1.807) is 12.1 Å². The monoisotopic (exact) mass is 781 g/mol. The second kappa shape index (κ2) is 21.6. The minimum Gasteiger partial charge on any atom is -0.507 e. The van der Waals surface area contributed by atoms with E-state index in [2.05, 4.69) is 36.2 Å². The Hall–Kier alpha value is -4.40. The number of aliphatic imine (C=N–C) groups is 1.